The molecule has 1 aromatic rings. The van der Waals surface area contributed by atoms with Crippen LogP contribution in [-0.4, -0.2) is 38.6 Å². The highest BCUT2D eigenvalue weighted by Gasteiger charge is 2.03. The molecule has 98 valence electrons. The molecule has 18 heavy (non-hydrogen) atoms. The number of carbonyl (C=O) groups is 2. The van der Waals surface area contributed by atoms with Gasteiger partial charge in [-0.2, -0.15) is 0 Å². The fraction of sp³-hybridized carbons (Fsp3) is 0.385. The van der Waals surface area contributed by atoms with Crippen molar-refractivity contribution in [1.29, 1.82) is 0 Å². The molecule has 0 spiro atoms. The molecule has 1 N–H and O–H groups in total. The van der Waals surface area contributed by atoms with Gasteiger partial charge < -0.3 is 14.8 Å². The van der Waals surface area contributed by atoms with E-state index in [-0.39, 0.29) is 18.3 Å². The molecule has 1 aromatic carbocycles. The van der Waals surface area contributed by atoms with Crippen LogP contribution >= 0.6 is 0 Å². The minimum atomic E-state index is -0.235. The predicted octanol–water partition coefficient (Wildman–Crippen LogP) is 1.49. The van der Waals surface area contributed by atoms with E-state index < -0.39 is 0 Å². The zero-order chi connectivity index (χ0) is 13.4. The lowest BCUT2D eigenvalue weighted by Gasteiger charge is -2.06. The number of carbonyl (C=O) groups excluding carboxylic acids is 2. The van der Waals surface area contributed by atoms with Crippen LogP contribution in [0.5, 0.6) is 0 Å². The van der Waals surface area contributed by atoms with E-state index in [2.05, 4.69) is 5.32 Å². The third-order valence-electron chi connectivity index (χ3n) is 2.24. The molecular formula is C13H17NO4. The molecule has 0 atom stereocenters. The molecule has 0 saturated carbocycles. The van der Waals surface area contributed by atoms with Crippen molar-refractivity contribution >= 4 is 17.4 Å². The van der Waals surface area contributed by atoms with E-state index >= 15 is 0 Å². The van der Waals surface area contributed by atoms with E-state index in [9.17, 15) is 9.59 Å². The number of Topliss-reactive ketones (excluding diaryl/α,β-unsaturated/α-hetero) is 1. The zero-order valence-electron chi connectivity index (χ0n) is 10.6. The molecule has 0 aromatic heterocycles. The molecule has 0 bridgehead atoms. The summed E-state index contributed by atoms with van der Waals surface area (Å²) in [6.45, 7) is 2.32. The first-order valence-electron chi connectivity index (χ1n) is 5.61. The highest BCUT2D eigenvalue weighted by atomic mass is 16.5. The fourth-order valence-electron chi connectivity index (χ4n) is 1.29. The van der Waals surface area contributed by atoms with Gasteiger partial charge in [-0.1, -0.05) is 0 Å². The molecule has 5 heteroatoms. The summed E-state index contributed by atoms with van der Waals surface area (Å²) >= 11 is 0. The first kappa shape index (κ1) is 14.3. The number of hydrogen-bond acceptors (Lipinski definition) is 4. The number of ether oxygens (including phenoxy) is 2. The van der Waals surface area contributed by atoms with Crippen molar-refractivity contribution in [3.63, 3.8) is 0 Å². The maximum atomic E-state index is 11.5. The van der Waals surface area contributed by atoms with E-state index in [0.717, 1.165) is 0 Å². The molecule has 1 amide bonds. The summed E-state index contributed by atoms with van der Waals surface area (Å²) in [7, 11) is 1.57. The van der Waals surface area contributed by atoms with Gasteiger partial charge >= 0.3 is 0 Å². The number of hydrogen-bond donors (Lipinski definition) is 1. The summed E-state index contributed by atoms with van der Waals surface area (Å²) in [4.78, 5) is 22.5. The van der Waals surface area contributed by atoms with Crippen molar-refractivity contribution in [2.24, 2.45) is 0 Å². The smallest absolute Gasteiger partial charge is 0.250 e. The lowest BCUT2D eigenvalue weighted by atomic mass is 10.1. The Labute approximate surface area is 106 Å². The lowest BCUT2D eigenvalue weighted by molar-refractivity contribution is -0.121. The topological polar surface area (TPSA) is 64.6 Å². The van der Waals surface area contributed by atoms with Crippen LogP contribution in [0.4, 0.5) is 5.69 Å². The van der Waals surface area contributed by atoms with Crippen LogP contribution in [-0.2, 0) is 14.3 Å². The van der Waals surface area contributed by atoms with Gasteiger partial charge in [0.2, 0.25) is 5.91 Å². The summed E-state index contributed by atoms with van der Waals surface area (Å²) in [6, 6.07) is 6.71. The van der Waals surface area contributed by atoms with E-state index in [0.29, 0.717) is 24.5 Å². The van der Waals surface area contributed by atoms with Crippen LogP contribution in [0.3, 0.4) is 0 Å². The second-order valence-corrected chi connectivity index (χ2v) is 3.73. The lowest BCUT2D eigenvalue weighted by Crippen LogP contribution is -2.19. The minimum Gasteiger partial charge on any atom is -0.382 e. The van der Waals surface area contributed by atoms with Gasteiger partial charge in [-0.25, -0.2) is 0 Å². The molecule has 0 aliphatic heterocycles. The average molecular weight is 251 g/mol. The van der Waals surface area contributed by atoms with Crippen molar-refractivity contribution < 1.29 is 19.1 Å². The van der Waals surface area contributed by atoms with Crippen molar-refractivity contribution in [3.8, 4) is 0 Å². The summed E-state index contributed by atoms with van der Waals surface area (Å²) in [5.41, 5.74) is 1.25. The number of benzene rings is 1. The molecule has 0 unspecified atom stereocenters. The minimum absolute atomic E-state index is 0.00391. The normalized spacial score (nSPS) is 10.1. The summed E-state index contributed by atoms with van der Waals surface area (Å²) in [6.07, 6.45) is 0. The molecule has 0 radical (unpaired) electrons. The van der Waals surface area contributed by atoms with Gasteiger partial charge in [-0.15, -0.1) is 0 Å². The SMILES string of the molecule is COCCOCC(=O)Nc1ccc(C(C)=O)cc1. The fourth-order valence-corrected chi connectivity index (χ4v) is 1.29. The second kappa shape index (κ2) is 7.58. The molecule has 0 heterocycles. The van der Waals surface area contributed by atoms with Crippen LogP contribution in [0.25, 0.3) is 0 Å². The van der Waals surface area contributed by atoms with Crippen molar-refractivity contribution in [3.05, 3.63) is 29.8 Å². The Bertz CT molecular complexity index is 400. The van der Waals surface area contributed by atoms with E-state index in [1.54, 1.807) is 31.4 Å². The summed E-state index contributed by atoms with van der Waals surface area (Å²) < 4.78 is 9.87. The number of rotatable bonds is 7. The molecule has 0 fully saturated rings. The van der Waals surface area contributed by atoms with Gasteiger partial charge in [-0.3, -0.25) is 9.59 Å². The van der Waals surface area contributed by atoms with E-state index in [4.69, 9.17) is 9.47 Å². The predicted molar refractivity (Wildman–Crippen MR) is 67.8 cm³/mol. The number of anilines is 1. The van der Waals surface area contributed by atoms with E-state index in [1.165, 1.54) is 6.92 Å². The number of methoxy groups -OCH3 is 1. The van der Waals surface area contributed by atoms with E-state index in [1.807, 2.05) is 0 Å². The molecule has 0 saturated heterocycles. The Balaban J connectivity index is 2.37. The Kier molecular flexibility index (Phi) is 6.04. The van der Waals surface area contributed by atoms with Gasteiger partial charge in [0.05, 0.1) is 13.2 Å². The third-order valence-corrected chi connectivity index (χ3v) is 2.24. The van der Waals surface area contributed by atoms with Crippen LogP contribution in [0.15, 0.2) is 24.3 Å². The first-order chi connectivity index (χ1) is 8.63. The molecule has 1 rings (SSSR count). The number of ketones is 1. The average Bonchev–Trinajstić information content (AvgIpc) is 2.35. The number of nitrogens with one attached hydrogen (secondary N) is 1. The van der Waals surface area contributed by atoms with Gasteiger partial charge in [0, 0.05) is 18.4 Å². The summed E-state index contributed by atoms with van der Waals surface area (Å²) in [5.74, 6) is -0.238. The molecular weight excluding hydrogens is 234 g/mol. The Morgan fingerprint density at radius 2 is 1.83 bits per heavy atom. The maximum absolute atomic E-state index is 11.5. The monoisotopic (exact) mass is 251 g/mol. The maximum Gasteiger partial charge on any atom is 0.250 e. The highest BCUT2D eigenvalue weighted by Crippen LogP contribution is 2.09. The van der Waals surface area contributed by atoms with Crippen LogP contribution in [0, 0.1) is 0 Å². The largest absolute Gasteiger partial charge is 0.382 e. The third kappa shape index (κ3) is 5.07. The molecule has 5 nitrogen and oxygen atoms in total. The van der Waals surface area contributed by atoms with Gasteiger partial charge in [0.15, 0.2) is 5.78 Å². The highest BCUT2D eigenvalue weighted by molar-refractivity contribution is 5.95. The van der Waals surface area contributed by atoms with Gasteiger partial charge in [0.25, 0.3) is 0 Å². The van der Waals surface area contributed by atoms with Crippen LogP contribution in [0.2, 0.25) is 0 Å². The Hall–Kier alpha value is -1.72. The van der Waals surface area contributed by atoms with Gasteiger partial charge in [0.1, 0.15) is 6.61 Å². The van der Waals surface area contributed by atoms with Crippen LogP contribution in [0.1, 0.15) is 17.3 Å². The molecule has 0 aliphatic carbocycles. The van der Waals surface area contributed by atoms with Crippen molar-refractivity contribution in [2.45, 2.75) is 6.92 Å². The first-order valence-corrected chi connectivity index (χ1v) is 5.61. The number of amides is 1. The standard InChI is InChI=1S/C13H17NO4/c1-10(15)11-3-5-12(6-4-11)14-13(16)9-18-8-7-17-2/h3-6H,7-9H2,1-2H3,(H,14,16). The second-order valence-electron chi connectivity index (χ2n) is 3.73. The van der Waals surface area contributed by atoms with Crippen molar-refractivity contribution in [1.82, 2.24) is 0 Å². The zero-order valence-corrected chi connectivity index (χ0v) is 10.6. The Morgan fingerprint density at radius 1 is 1.17 bits per heavy atom. The summed E-state index contributed by atoms with van der Waals surface area (Å²) in [5, 5.41) is 2.67. The van der Waals surface area contributed by atoms with Gasteiger partial charge in [-0.05, 0) is 31.2 Å². The van der Waals surface area contributed by atoms with Crippen LogP contribution < -0.4 is 5.32 Å². The Morgan fingerprint density at radius 3 is 2.39 bits per heavy atom. The molecule has 0 aliphatic rings. The quantitative estimate of drug-likeness (QED) is 0.589. The van der Waals surface area contributed by atoms with Crippen molar-refractivity contribution in [2.75, 3.05) is 32.2 Å².